The van der Waals surface area contributed by atoms with Crippen molar-refractivity contribution in [2.45, 2.75) is 37.8 Å². The van der Waals surface area contributed by atoms with Gasteiger partial charge in [0.1, 0.15) is 11.6 Å². The number of imide groups is 1. The molecule has 0 bridgehead atoms. The average molecular weight is 383 g/mol. The Balaban J connectivity index is 1.69. The summed E-state index contributed by atoms with van der Waals surface area (Å²) in [4.78, 5) is 40.0. The molecule has 2 aliphatic rings. The first kappa shape index (κ1) is 17.7. The Morgan fingerprint density at radius 3 is 2.74 bits per heavy atom. The predicted octanol–water partition coefficient (Wildman–Crippen LogP) is 3.69. The number of rotatable bonds is 3. The monoisotopic (exact) mass is 382 g/mol. The van der Waals surface area contributed by atoms with Crippen molar-refractivity contribution in [1.29, 1.82) is 0 Å². The number of carbonyl (C=O) groups excluding carboxylic acids is 3. The van der Waals surface area contributed by atoms with E-state index in [1.165, 1.54) is 0 Å². The number of amides is 3. The van der Waals surface area contributed by atoms with E-state index in [0.717, 1.165) is 28.9 Å². The Bertz CT molecular complexity index is 958. The van der Waals surface area contributed by atoms with Crippen LogP contribution < -0.4 is 5.32 Å². The molecule has 1 spiro atoms. The number of benzene rings is 2. The second kappa shape index (κ2) is 6.50. The van der Waals surface area contributed by atoms with Crippen LogP contribution in [-0.2, 0) is 16.8 Å². The van der Waals surface area contributed by atoms with Gasteiger partial charge in [0.2, 0.25) is 0 Å². The first-order chi connectivity index (χ1) is 12.9. The van der Waals surface area contributed by atoms with Crippen molar-refractivity contribution in [2.24, 2.45) is 0 Å². The second-order valence-electron chi connectivity index (χ2n) is 7.07. The van der Waals surface area contributed by atoms with Crippen LogP contribution in [0.15, 0.2) is 48.5 Å². The molecule has 1 aliphatic heterocycles. The van der Waals surface area contributed by atoms with Gasteiger partial charge in [0, 0.05) is 10.6 Å². The van der Waals surface area contributed by atoms with Crippen molar-refractivity contribution in [1.82, 2.24) is 10.2 Å². The number of urea groups is 1. The Labute approximate surface area is 162 Å². The summed E-state index contributed by atoms with van der Waals surface area (Å²) in [5.74, 6) is -0.676. The van der Waals surface area contributed by atoms with E-state index in [1.54, 1.807) is 31.2 Å². The molecule has 1 aliphatic carbocycles. The molecule has 1 N–H and O–H groups in total. The van der Waals surface area contributed by atoms with Crippen LogP contribution in [0.2, 0.25) is 5.02 Å². The molecule has 6 heteroatoms. The zero-order valence-electron chi connectivity index (χ0n) is 14.9. The largest absolute Gasteiger partial charge is 0.325 e. The van der Waals surface area contributed by atoms with Gasteiger partial charge in [0.15, 0.2) is 5.78 Å². The lowest BCUT2D eigenvalue weighted by molar-refractivity contribution is -0.133. The quantitative estimate of drug-likeness (QED) is 0.650. The van der Waals surface area contributed by atoms with Crippen LogP contribution in [0.4, 0.5) is 4.79 Å². The number of carbonyl (C=O) groups is 3. The van der Waals surface area contributed by atoms with Crippen molar-refractivity contribution < 1.29 is 14.4 Å². The zero-order chi connectivity index (χ0) is 19.2. The Hall–Kier alpha value is -2.66. The van der Waals surface area contributed by atoms with Crippen molar-refractivity contribution in [3.63, 3.8) is 0 Å². The number of ketones is 1. The minimum Gasteiger partial charge on any atom is -0.319 e. The molecule has 4 rings (SSSR count). The van der Waals surface area contributed by atoms with Crippen molar-refractivity contribution in [3.05, 3.63) is 70.2 Å². The van der Waals surface area contributed by atoms with E-state index in [0.29, 0.717) is 17.0 Å². The second-order valence-corrected chi connectivity index (χ2v) is 7.51. The predicted molar refractivity (Wildman–Crippen MR) is 102 cm³/mol. The van der Waals surface area contributed by atoms with E-state index in [4.69, 9.17) is 11.6 Å². The Morgan fingerprint density at radius 2 is 1.96 bits per heavy atom. The summed E-state index contributed by atoms with van der Waals surface area (Å²) in [5, 5.41) is 3.32. The SMILES string of the molecule is C[C@@H](C(=O)c1cccc(Cl)c1)N1C(=O)N[C@@]2(CCCc3ccccc32)C1=O. The van der Waals surface area contributed by atoms with Crippen molar-refractivity contribution in [3.8, 4) is 0 Å². The highest BCUT2D eigenvalue weighted by atomic mass is 35.5. The van der Waals surface area contributed by atoms with Crippen LogP contribution in [0.3, 0.4) is 0 Å². The smallest absolute Gasteiger partial charge is 0.319 e. The standard InChI is InChI=1S/C21H19ClN2O3/c1-13(18(25)15-7-4-9-16(22)12-15)24-19(26)21(23-20(24)27)11-5-8-14-6-2-3-10-17(14)21/h2-4,6-7,9-10,12-13H,5,8,11H2,1H3,(H,23,27)/t13-,21+/m0/s1. The number of nitrogens with one attached hydrogen (secondary N) is 1. The maximum Gasteiger partial charge on any atom is 0.325 e. The summed E-state index contributed by atoms with van der Waals surface area (Å²) in [6, 6.07) is 12.8. The van der Waals surface area contributed by atoms with Crippen LogP contribution in [0, 0.1) is 0 Å². The summed E-state index contributed by atoms with van der Waals surface area (Å²) in [6.45, 7) is 1.58. The van der Waals surface area contributed by atoms with Crippen molar-refractivity contribution in [2.75, 3.05) is 0 Å². The fourth-order valence-electron chi connectivity index (χ4n) is 4.13. The number of halogens is 1. The van der Waals surface area contributed by atoms with Crippen LogP contribution >= 0.6 is 11.6 Å². The normalized spacial score (nSPS) is 22.5. The lowest BCUT2D eigenvalue weighted by Gasteiger charge is -2.33. The molecule has 1 heterocycles. The molecule has 2 atom stereocenters. The Kier molecular flexibility index (Phi) is 4.27. The summed E-state index contributed by atoms with van der Waals surface area (Å²) in [6.07, 6.45) is 2.20. The van der Waals surface area contributed by atoms with E-state index in [2.05, 4.69) is 5.32 Å². The number of hydrogen-bond acceptors (Lipinski definition) is 3. The highest BCUT2D eigenvalue weighted by Crippen LogP contribution is 2.40. The molecule has 0 aromatic heterocycles. The van der Waals surface area contributed by atoms with Crippen LogP contribution in [0.5, 0.6) is 0 Å². The molecular formula is C21H19ClN2O3. The van der Waals surface area contributed by atoms with Crippen LogP contribution in [-0.4, -0.2) is 28.7 Å². The number of hydrogen-bond donors (Lipinski definition) is 1. The van der Waals surface area contributed by atoms with E-state index in [-0.39, 0.29) is 11.7 Å². The van der Waals surface area contributed by atoms with Crippen LogP contribution in [0.1, 0.15) is 41.3 Å². The lowest BCUT2D eigenvalue weighted by atomic mass is 9.76. The summed E-state index contributed by atoms with van der Waals surface area (Å²) in [7, 11) is 0. The van der Waals surface area contributed by atoms with Gasteiger partial charge in [-0.1, -0.05) is 48.0 Å². The molecule has 0 unspecified atom stereocenters. The van der Waals surface area contributed by atoms with E-state index >= 15 is 0 Å². The molecule has 138 valence electrons. The molecule has 0 radical (unpaired) electrons. The van der Waals surface area contributed by atoms with E-state index < -0.39 is 17.6 Å². The van der Waals surface area contributed by atoms with Gasteiger partial charge in [-0.25, -0.2) is 4.79 Å². The molecule has 1 fully saturated rings. The summed E-state index contributed by atoms with van der Waals surface area (Å²) < 4.78 is 0. The molecule has 27 heavy (non-hydrogen) atoms. The minimum absolute atomic E-state index is 0.317. The van der Waals surface area contributed by atoms with Gasteiger partial charge >= 0.3 is 6.03 Å². The van der Waals surface area contributed by atoms with Gasteiger partial charge in [-0.2, -0.15) is 0 Å². The fraction of sp³-hybridized carbons (Fsp3) is 0.286. The highest BCUT2D eigenvalue weighted by Gasteiger charge is 2.55. The summed E-state index contributed by atoms with van der Waals surface area (Å²) in [5.41, 5.74) is 1.20. The average Bonchev–Trinajstić information content (AvgIpc) is 2.91. The topological polar surface area (TPSA) is 66.5 Å². The van der Waals surface area contributed by atoms with Crippen LogP contribution in [0.25, 0.3) is 0 Å². The van der Waals surface area contributed by atoms with E-state index in [9.17, 15) is 14.4 Å². The van der Waals surface area contributed by atoms with Gasteiger partial charge in [0.25, 0.3) is 5.91 Å². The summed E-state index contributed by atoms with van der Waals surface area (Å²) >= 11 is 5.97. The number of fused-ring (bicyclic) bond motifs is 2. The molecular weight excluding hydrogens is 364 g/mol. The molecule has 2 aromatic rings. The number of aryl methyl sites for hydroxylation is 1. The third-order valence-electron chi connectivity index (χ3n) is 5.47. The Morgan fingerprint density at radius 1 is 1.19 bits per heavy atom. The fourth-order valence-corrected chi connectivity index (χ4v) is 4.32. The molecule has 0 saturated carbocycles. The number of Topliss-reactive ketones (excluding diaryl/α,β-unsaturated/α-hetero) is 1. The molecule has 2 aromatic carbocycles. The maximum atomic E-state index is 13.4. The van der Waals surface area contributed by atoms with Gasteiger partial charge < -0.3 is 5.32 Å². The third kappa shape index (κ3) is 2.73. The van der Waals surface area contributed by atoms with Crippen molar-refractivity contribution >= 4 is 29.3 Å². The first-order valence-electron chi connectivity index (χ1n) is 8.98. The van der Waals surface area contributed by atoms with Gasteiger partial charge in [-0.3, -0.25) is 14.5 Å². The third-order valence-corrected chi connectivity index (χ3v) is 5.71. The first-order valence-corrected chi connectivity index (χ1v) is 9.36. The van der Waals surface area contributed by atoms with Gasteiger partial charge in [-0.15, -0.1) is 0 Å². The zero-order valence-corrected chi connectivity index (χ0v) is 15.6. The molecule has 1 saturated heterocycles. The highest BCUT2D eigenvalue weighted by molar-refractivity contribution is 6.31. The lowest BCUT2D eigenvalue weighted by Crippen LogP contribution is -2.48. The minimum atomic E-state index is -1.07. The van der Waals surface area contributed by atoms with Gasteiger partial charge in [-0.05, 0) is 49.4 Å². The van der Waals surface area contributed by atoms with E-state index in [1.807, 2.05) is 24.3 Å². The maximum absolute atomic E-state index is 13.4. The van der Waals surface area contributed by atoms with Gasteiger partial charge in [0.05, 0.1) is 0 Å². The molecule has 3 amide bonds. The number of nitrogens with zero attached hydrogens (tertiary/aromatic N) is 1. The molecule has 5 nitrogen and oxygen atoms in total.